The van der Waals surface area contributed by atoms with Crippen molar-refractivity contribution in [1.29, 1.82) is 5.26 Å². The van der Waals surface area contributed by atoms with E-state index in [1.165, 1.54) is 0 Å². The molecule has 3 heteroatoms. The molecular formula is C13H17ClN2. The normalized spacial score (nSPS) is 13.0. The van der Waals surface area contributed by atoms with Crippen LogP contribution >= 0.6 is 11.6 Å². The van der Waals surface area contributed by atoms with Gasteiger partial charge in [-0.05, 0) is 24.5 Å². The van der Waals surface area contributed by atoms with Crippen LogP contribution in [-0.2, 0) is 0 Å². The van der Waals surface area contributed by atoms with Gasteiger partial charge in [-0.15, -0.1) is 0 Å². The lowest BCUT2D eigenvalue weighted by Crippen LogP contribution is -2.31. The maximum atomic E-state index is 9.04. The quantitative estimate of drug-likeness (QED) is 0.841. The SMILES string of the molecule is CC(Nc1cccc(Cl)c1C#N)C(C)(C)C. The summed E-state index contributed by atoms with van der Waals surface area (Å²) in [5.41, 5.74) is 1.45. The molecule has 1 N–H and O–H groups in total. The highest BCUT2D eigenvalue weighted by molar-refractivity contribution is 6.32. The summed E-state index contributed by atoms with van der Waals surface area (Å²) >= 11 is 5.96. The Labute approximate surface area is 102 Å². The first kappa shape index (κ1) is 12.9. The van der Waals surface area contributed by atoms with E-state index in [9.17, 15) is 0 Å². The van der Waals surface area contributed by atoms with Crippen molar-refractivity contribution in [3.05, 3.63) is 28.8 Å². The van der Waals surface area contributed by atoms with Crippen molar-refractivity contribution in [2.45, 2.75) is 33.7 Å². The lowest BCUT2D eigenvalue weighted by Gasteiger charge is -2.29. The highest BCUT2D eigenvalue weighted by Crippen LogP contribution is 2.27. The van der Waals surface area contributed by atoms with E-state index in [4.69, 9.17) is 16.9 Å². The van der Waals surface area contributed by atoms with Crippen LogP contribution in [0.25, 0.3) is 0 Å². The monoisotopic (exact) mass is 236 g/mol. The second-order valence-corrected chi connectivity index (χ2v) is 5.41. The summed E-state index contributed by atoms with van der Waals surface area (Å²) in [5, 5.41) is 12.9. The van der Waals surface area contributed by atoms with Gasteiger partial charge in [0, 0.05) is 6.04 Å². The Hall–Kier alpha value is -1.20. The topological polar surface area (TPSA) is 35.8 Å². The van der Waals surface area contributed by atoms with E-state index < -0.39 is 0 Å². The Balaban J connectivity index is 2.99. The summed E-state index contributed by atoms with van der Waals surface area (Å²) in [4.78, 5) is 0. The molecule has 1 atom stereocenters. The van der Waals surface area contributed by atoms with Crippen LogP contribution < -0.4 is 5.32 Å². The molecule has 0 spiro atoms. The highest BCUT2D eigenvalue weighted by atomic mass is 35.5. The zero-order chi connectivity index (χ0) is 12.3. The summed E-state index contributed by atoms with van der Waals surface area (Å²) in [5.74, 6) is 0. The Morgan fingerprint density at radius 1 is 1.38 bits per heavy atom. The fourth-order valence-corrected chi connectivity index (χ4v) is 1.42. The van der Waals surface area contributed by atoms with Crippen molar-refractivity contribution >= 4 is 17.3 Å². The van der Waals surface area contributed by atoms with Gasteiger partial charge in [-0.1, -0.05) is 38.4 Å². The number of rotatable bonds is 2. The molecule has 0 saturated heterocycles. The van der Waals surface area contributed by atoms with Crippen LogP contribution in [0.15, 0.2) is 18.2 Å². The van der Waals surface area contributed by atoms with Gasteiger partial charge in [0.15, 0.2) is 0 Å². The van der Waals surface area contributed by atoms with Crippen LogP contribution in [0.2, 0.25) is 5.02 Å². The number of nitrogens with zero attached hydrogens (tertiary/aromatic N) is 1. The first-order chi connectivity index (χ1) is 7.36. The number of hydrogen-bond donors (Lipinski definition) is 1. The van der Waals surface area contributed by atoms with E-state index in [2.05, 4.69) is 39.1 Å². The fourth-order valence-electron chi connectivity index (χ4n) is 1.21. The third-order valence-corrected chi connectivity index (χ3v) is 3.11. The van der Waals surface area contributed by atoms with Gasteiger partial charge in [0.1, 0.15) is 6.07 Å². The molecule has 0 fully saturated rings. The third-order valence-electron chi connectivity index (χ3n) is 2.80. The number of anilines is 1. The van der Waals surface area contributed by atoms with Crippen molar-refractivity contribution < 1.29 is 0 Å². The zero-order valence-electron chi connectivity index (χ0n) is 10.1. The molecule has 1 unspecified atom stereocenters. The Kier molecular flexibility index (Phi) is 3.83. The number of benzene rings is 1. The largest absolute Gasteiger partial charge is 0.381 e. The van der Waals surface area contributed by atoms with E-state index in [1.54, 1.807) is 6.07 Å². The molecule has 0 amide bonds. The Bertz CT molecular complexity index is 413. The van der Waals surface area contributed by atoms with Crippen molar-refractivity contribution in [3.63, 3.8) is 0 Å². The predicted molar refractivity (Wildman–Crippen MR) is 68.7 cm³/mol. The van der Waals surface area contributed by atoms with Gasteiger partial charge < -0.3 is 5.32 Å². The minimum atomic E-state index is 0.134. The van der Waals surface area contributed by atoms with Crippen molar-refractivity contribution in [3.8, 4) is 6.07 Å². The van der Waals surface area contributed by atoms with Crippen molar-refractivity contribution in [2.75, 3.05) is 5.32 Å². The highest BCUT2D eigenvalue weighted by Gasteiger charge is 2.20. The van der Waals surface area contributed by atoms with Crippen molar-refractivity contribution in [1.82, 2.24) is 0 Å². The second-order valence-electron chi connectivity index (χ2n) is 5.01. The molecule has 2 nitrogen and oxygen atoms in total. The van der Waals surface area contributed by atoms with Crippen LogP contribution in [0.1, 0.15) is 33.3 Å². The molecule has 0 saturated carbocycles. The van der Waals surface area contributed by atoms with Gasteiger partial charge in [0.05, 0.1) is 16.3 Å². The Morgan fingerprint density at radius 2 is 2.00 bits per heavy atom. The van der Waals surface area contributed by atoms with Gasteiger partial charge in [-0.3, -0.25) is 0 Å². The minimum absolute atomic E-state index is 0.134. The summed E-state index contributed by atoms with van der Waals surface area (Å²) in [6.45, 7) is 8.56. The summed E-state index contributed by atoms with van der Waals surface area (Å²) in [7, 11) is 0. The molecule has 0 radical (unpaired) electrons. The van der Waals surface area contributed by atoms with E-state index in [0.717, 1.165) is 5.69 Å². The number of halogens is 1. The predicted octanol–water partition coefficient (Wildman–Crippen LogP) is 4.06. The Morgan fingerprint density at radius 3 is 2.50 bits per heavy atom. The molecule has 1 aromatic rings. The van der Waals surface area contributed by atoms with Gasteiger partial charge in [-0.2, -0.15) is 5.26 Å². The average molecular weight is 237 g/mol. The van der Waals surface area contributed by atoms with Crippen LogP contribution in [0, 0.1) is 16.7 Å². The molecule has 1 aromatic carbocycles. The summed E-state index contributed by atoms with van der Waals surface area (Å²) < 4.78 is 0. The van der Waals surface area contributed by atoms with E-state index in [-0.39, 0.29) is 11.5 Å². The minimum Gasteiger partial charge on any atom is -0.381 e. The van der Waals surface area contributed by atoms with Crippen molar-refractivity contribution in [2.24, 2.45) is 5.41 Å². The van der Waals surface area contributed by atoms with E-state index in [1.807, 2.05) is 12.1 Å². The molecule has 0 heterocycles. The lowest BCUT2D eigenvalue weighted by atomic mass is 9.88. The van der Waals surface area contributed by atoms with Gasteiger partial charge in [-0.25, -0.2) is 0 Å². The standard InChI is InChI=1S/C13H17ClN2/c1-9(13(2,3)4)16-12-7-5-6-11(14)10(12)8-15/h5-7,9,16H,1-4H3. The molecule has 86 valence electrons. The number of nitriles is 1. The van der Waals surface area contributed by atoms with Crippen LogP contribution in [0.4, 0.5) is 5.69 Å². The average Bonchev–Trinajstić information content (AvgIpc) is 2.16. The van der Waals surface area contributed by atoms with Gasteiger partial charge in [0.25, 0.3) is 0 Å². The van der Waals surface area contributed by atoms with Crippen LogP contribution in [-0.4, -0.2) is 6.04 Å². The second kappa shape index (κ2) is 4.76. The lowest BCUT2D eigenvalue weighted by molar-refractivity contribution is 0.359. The molecule has 1 rings (SSSR count). The first-order valence-corrected chi connectivity index (χ1v) is 5.69. The molecule has 0 aromatic heterocycles. The number of nitrogens with one attached hydrogen (secondary N) is 1. The maximum absolute atomic E-state index is 9.04. The van der Waals surface area contributed by atoms with E-state index in [0.29, 0.717) is 10.6 Å². The molecule has 0 aliphatic heterocycles. The summed E-state index contributed by atoms with van der Waals surface area (Å²) in [6, 6.07) is 7.85. The zero-order valence-corrected chi connectivity index (χ0v) is 10.9. The molecule has 0 aliphatic rings. The molecule has 0 aliphatic carbocycles. The maximum Gasteiger partial charge on any atom is 0.103 e. The third kappa shape index (κ3) is 2.90. The van der Waals surface area contributed by atoms with Gasteiger partial charge >= 0.3 is 0 Å². The summed E-state index contributed by atoms with van der Waals surface area (Å²) in [6.07, 6.45) is 0. The molecular weight excluding hydrogens is 220 g/mol. The van der Waals surface area contributed by atoms with Crippen LogP contribution in [0.3, 0.4) is 0 Å². The van der Waals surface area contributed by atoms with E-state index >= 15 is 0 Å². The smallest absolute Gasteiger partial charge is 0.103 e. The number of hydrogen-bond acceptors (Lipinski definition) is 2. The fraction of sp³-hybridized carbons (Fsp3) is 0.462. The van der Waals surface area contributed by atoms with Gasteiger partial charge in [0.2, 0.25) is 0 Å². The van der Waals surface area contributed by atoms with Crippen LogP contribution in [0.5, 0.6) is 0 Å². The molecule has 0 bridgehead atoms. The first-order valence-electron chi connectivity index (χ1n) is 5.31. The molecule has 16 heavy (non-hydrogen) atoms.